The first-order chi connectivity index (χ1) is 12.1. The fourth-order valence-electron chi connectivity index (χ4n) is 2.78. The third-order valence-corrected chi connectivity index (χ3v) is 5.07. The standard InChI is InChI=1S/C18H23N5OS/c1-21(2)16-8-9-17(20-19-16)22-10-12-23(13-11-22)18(24)14-4-6-15(25-3)7-5-14/h4-9H,10-13H2,1-3H3. The van der Waals surface area contributed by atoms with Crippen LogP contribution in [0.4, 0.5) is 11.6 Å². The number of aromatic nitrogens is 2. The van der Waals surface area contributed by atoms with Crippen LogP contribution in [0.25, 0.3) is 0 Å². The van der Waals surface area contributed by atoms with Crippen molar-refractivity contribution in [3.63, 3.8) is 0 Å². The summed E-state index contributed by atoms with van der Waals surface area (Å²) in [7, 11) is 3.89. The Balaban J connectivity index is 1.60. The van der Waals surface area contributed by atoms with Crippen LogP contribution < -0.4 is 9.80 Å². The largest absolute Gasteiger partial charge is 0.361 e. The van der Waals surface area contributed by atoms with Crippen LogP contribution in [0.5, 0.6) is 0 Å². The molecule has 0 bridgehead atoms. The van der Waals surface area contributed by atoms with Crippen LogP contribution in [0.3, 0.4) is 0 Å². The second kappa shape index (κ2) is 7.74. The summed E-state index contributed by atoms with van der Waals surface area (Å²) in [5, 5.41) is 8.52. The van der Waals surface area contributed by atoms with E-state index in [1.807, 2.05) is 66.5 Å². The number of hydrogen-bond donors (Lipinski definition) is 0. The molecule has 1 fully saturated rings. The van der Waals surface area contributed by atoms with Crippen molar-refractivity contribution in [1.82, 2.24) is 15.1 Å². The lowest BCUT2D eigenvalue weighted by Gasteiger charge is -2.35. The molecule has 6 nitrogen and oxygen atoms in total. The van der Waals surface area contributed by atoms with Gasteiger partial charge in [-0.1, -0.05) is 0 Å². The number of rotatable bonds is 4. The quantitative estimate of drug-likeness (QED) is 0.782. The van der Waals surface area contributed by atoms with E-state index in [0.717, 1.165) is 30.3 Å². The third-order valence-electron chi connectivity index (χ3n) is 4.32. The molecule has 1 saturated heterocycles. The molecule has 0 saturated carbocycles. The first-order valence-electron chi connectivity index (χ1n) is 8.28. The zero-order valence-corrected chi connectivity index (χ0v) is 15.7. The minimum atomic E-state index is 0.0985. The van der Waals surface area contributed by atoms with E-state index in [0.29, 0.717) is 13.1 Å². The monoisotopic (exact) mass is 357 g/mol. The summed E-state index contributed by atoms with van der Waals surface area (Å²) in [4.78, 5) is 19.8. The number of piperazine rings is 1. The van der Waals surface area contributed by atoms with E-state index in [-0.39, 0.29) is 5.91 Å². The Morgan fingerprint density at radius 1 is 1.00 bits per heavy atom. The maximum absolute atomic E-state index is 12.6. The molecule has 132 valence electrons. The number of nitrogens with zero attached hydrogens (tertiary/aromatic N) is 5. The van der Waals surface area contributed by atoms with Crippen LogP contribution in [-0.4, -0.2) is 67.5 Å². The van der Waals surface area contributed by atoms with Gasteiger partial charge in [0.25, 0.3) is 5.91 Å². The molecule has 0 unspecified atom stereocenters. The van der Waals surface area contributed by atoms with Crippen molar-refractivity contribution in [3.8, 4) is 0 Å². The zero-order valence-electron chi connectivity index (χ0n) is 14.8. The second-order valence-corrected chi connectivity index (χ2v) is 7.03. The third kappa shape index (κ3) is 4.04. The molecule has 1 aliphatic rings. The predicted molar refractivity (Wildman–Crippen MR) is 103 cm³/mol. The lowest BCUT2D eigenvalue weighted by molar-refractivity contribution is 0.0746. The van der Waals surface area contributed by atoms with Crippen molar-refractivity contribution in [2.75, 3.05) is 56.3 Å². The van der Waals surface area contributed by atoms with Gasteiger partial charge in [-0.15, -0.1) is 22.0 Å². The fraction of sp³-hybridized carbons (Fsp3) is 0.389. The van der Waals surface area contributed by atoms with E-state index in [4.69, 9.17) is 0 Å². The van der Waals surface area contributed by atoms with E-state index in [1.165, 1.54) is 4.90 Å². The van der Waals surface area contributed by atoms with Gasteiger partial charge in [-0.2, -0.15) is 0 Å². The van der Waals surface area contributed by atoms with Gasteiger partial charge < -0.3 is 14.7 Å². The molecule has 7 heteroatoms. The molecule has 2 aromatic rings. The number of hydrogen-bond acceptors (Lipinski definition) is 6. The van der Waals surface area contributed by atoms with Crippen molar-refractivity contribution in [2.45, 2.75) is 4.90 Å². The molecular weight excluding hydrogens is 334 g/mol. The summed E-state index contributed by atoms with van der Waals surface area (Å²) in [5.41, 5.74) is 0.751. The Morgan fingerprint density at radius 3 is 2.20 bits per heavy atom. The lowest BCUT2D eigenvalue weighted by atomic mass is 10.2. The molecule has 25 heavy (non-hydrogen) atoms. The van der Waals surface area contributed by atoms with Crippen molar-refractivity contribution in [1.29, 1.82) is 0 Å². The number of thioether (sulfide) groups is 1. The maximum atomic E-state index is 12.6. The van der Waals surface area contributed by atoms with Crippen molar-refractivity contribution < 1.29 is 4.79 Å². The number of benzene rings is 1. The second-order valence-electron chi connectivity index (χ2n) is 6.15. The Labute approximate surface area is 152 Å². The molecule has 1 aromatic heterocycles. The molecule has 1 amide bonds. The van der Waals surface area contributed by atoms with E-state index < -0.39 is 0 Å². The Morgan fingerprint density at radius 2 is 1.68 bits per heavy atom. The summed E-state index contributed by atoms with van der Waals surface area (Å²) in [5.74, 6) is 1.80. The Bertz CT molecular complexity index is 709. The topological polar surface area (TPSA) is 52.6 Å². The van der Waals surface area contributed by atoms with Gasteiger partial charge in [0, 0.05) is 50.7 Å². The van der Waals surface area contributed by atoms with Gasteiger partial charge in [0.1, 0.15) is 0 Å². The highest BCUT2D eigenvalue weighted by Crippen LogP contribution is 2.18. The van der Waals surface area contributed by atoms with Gasteiger partial charge >= 0.3 is 0 Å². The van der Waals surface area contributed by atoms with Crippen LogP contribution in [0, 0.1) is 0 Å². The van der Waals surface area contributed by atoms with Gasteiger partial charge in [-0.25, -0.2) is 0 Å². The number of amides is 1. The van der Waals surface area contributed by atoms with Crippen LogP contribution in [-0.2, 0) is 0 Å². The molecule has 0 spiro atoms. The summed E-state index contributed by atoms with van der Waals surface area (Å²) in [6.07, 6.45) is 2.03. The van der Waals surface area contributed by atoms with Crippen LogP contribution >= 0.6 is 11.8 Å². The summed E-state index contributed by atoms with van der Waals surface area (Å²) in [6.45, 7) is 2.93. The van der Waals surface area contributed by atoms with Gasteiger partial charge in [-0.3, -0.25) is 4.79 Å². The zero-order chi connectivity index (χ0) is 17.8. The van der Waals surface area contributed by atoms with Gasteiger partial charge in [-0.05, 0) is 42.7 Å². The number of anilines is 2. The minimum Gasteiger partial charge on any atom is -0.361 e. The molecule has 0 aliphatic carbocycles. The maximum Gasteiger partial charge on any atom is 0.253 e. The van der Waals surface area contributed by atoms with Crippen molar-refractivity contribution in [2.24, 2.45) is 0 Å². The average Bonchev–Trinajstić information content (AvgIpc) is 2.67. The van der Waals surface area contributed by atoms with E-state index in [9.17, 15) is 4.79 Å². The molecule has 0 N–H and O–H groups in total. The lowest BCUT2D eigenvalue weighted by Crippen LogP contribution is -2.49. The molecular formula is C18H23N5OS. The summed E-state index contributed by atoms with van der Waals surface area (Å²) >= 11 is 1.68. The highest BCUT2D eigenvalue weighted by molar-refractivity contribution is 7.98. The molecule has 1 aromatic carbocycles. The Hall–Kier alpha value is -2.28. The predicted octanol–water partition coefficient (Wildman–Crippen LogP) is 2.23. The normalized spacial score (nSPS) is 14.5. The SMILES string of the molecule is CSc1ccc(C(=O)N2CCN(c3ccc(N(C)C)nn3)CC2)cc1. The molecule has 0 radical (unpaired) electrons. The average molecular weight is 357 g/mol. The molecule has 2 heterocycles. The smallest absolute Gasteiger partial charge is 0.253 e. The van der Waals surface area contributed by atoms with Gasteiger partial charge in [0.05, 0.1) is 0 Å². The van der Waals surface area contributed by atoms with Crippen molar-refractivity contribution in [3.05, 3.63) is 42.0 Å². The molecule has 1 aliphatic heterocycles. The van der Waals surface area contributed by atoms with E-state index >= 15 is 0 Å². The first kappa shape index (κ1) is 17.5. The van der Waals surface area contributed by atoms with Gasteiger partial charge in [0.2, 0.25) is 0 Å². The molecule has 3 rings (SSSR count). The van der Waals surface area contributed by atoms with Crippen molar-refractivity contribution >= 4 is 29.3 Å². The summed E-state index contributed by atoms with van der Waals surface area (Å²) in [6, 6.07) is 11.8. The number of carbonyl (C=O) groups excluding carboxylic acids is 1. The highest BCUT2D eigenvalue weighted by atomic mass is 32.2. The van der Waals surface area contributed by atoms with E-state index in [2.05, 4.69) is 15.1 Å². The highest BCUT2D eigenvalue weighted by Gasteiger charge is 2.23. The fourth-order valence-corrected chi connectivity index (χ4v) is 3.19. The Kier molecular flexibility index (Phi) is 5.43. The molecule has 0 atom stereocenters. The minimum absolute atomic E-state index is 0.0985. The van der Waals surface area contributed by atoms with Crippen LogP contribution in [0.2, 0.25) is 0 Å². The first-order valence-corrected chi connectivity index (χ1v) is 9.50. The van der Waals surface area contributed by atoms with Gasteiger partial charge in [0.15, 0.2) is 11.6 Å². The van der Waals surface area contributed by atoms with Crippen LogP contribution in [0.15, 0.2) is 41.3 Å². The summed E-state index contributed by atoms with van der Waals surface area (Å²) < 4.78 is 0. The van der Waals surface area contributed by atoms with E-state index in [1.54, 1.807) is 11.8 Å². The number of carbonyl (C=O) groups is 1. The van der Waals surface area contributed by atoms with Crippen LogP contribution in [0.1, 0.15) is 10.4 Å².